The number of methoxy groups -OCH3 is 1. The predicted octanol–water partition coefficient (Wildman–Crippen LogP) is 1.32. The first-order chi connectivity index (χ1) is 4.34. The van der Waals surface area contributed by atoms with Gasteiger partial charge in [0.05, 0.1) is 23.0 Å². The van der Waals surface area contributed by atoms with Crippen LogP contribution in [0.15, 0.2) is 10.7 Å². The molecule has 1 N–H and O–H groups in total. The Morgan fingerprint density at radius 2 is 2.67 bits per heavy atom. The molecular weight excluding hydrogens is 184 g/mol. The largest absolute Gasteiger partial charge is 0.378 e. The second kappa shape index (κ2) is 2.98. The van der Waals surface area contributed by atoms with E-state index in [-0.39, 0.29) is 0 Å². The van der Waals surface area contributed by atoms with Crippen molar-refractivity contribution in [3.63, 3.8) is 0 Å². The highest BCUT2D eigenvalue weighted by Crippen LogP contribution is 2.12. The fourth-order valence-corrected chi connectivity index (χ4v) is 0.849. The lowest BCUT2D eigenvalue weighted by Gasteiger charge is -1.92. The minimum Gasteiger partial charge on any atom is -0.378 e. The molecule has 0 amide bonds. The van der Waals surface area contributed by atoms with Crippen LogP contribution in [-0.2, 0) is 11.3 Å². The number of H-pyrrole nitrogens is 1. The van der Waals surface area contributed by atoms with Gasteiger partial charge in [0, 0.05) is 7.11 Å². The van der Waals surface area contributed by atoms with Crippen LogP contribution < -0.4 is 0 Å². The van der Waals surface area contributed by atoms with Crippen LogP contribution in [0, 0.1) is 0 Å². The standard InChI is InChI=1S/C5H7BrN2O/c1-9-3-5-4(6)2-7-8-5/h2H,3H2,1H3,(H,7,8). The molecule has 0 aliphatic carbocycles. The summed E-state index contributed by atoms with van der Waals surface area (Å²) in [6.45, 7) is 0.570. The fraction of sp³-hybridized carbons (Fsp3) is 0.400. The number of ether oxygens (including phenoxy) is 1. The van der Waals surface area contributed by atoms with Crippen molar-refractivity contribution in [2.24, 2.45) is 0 Å². The lowest BCUT2D eigenvalue weighted by Crippen LogP contribution is -1.87. The van der Waals surface area contributed by atoms with E-state index in [1.165, 1.54) is 0 Å². The van der Waals surface area contributed by atoms with Crippen LogP contribution in [0.4, 0.5) is 0 Å². The molecule has 0 radical (unpaired) electrons. The predicted molar refractivity (Wildman–Crippen MR) is 37.0 cm³/mol. The molecule has 0 spiro atoms. The molecule has 0 aromatic carbocycles. The molecule has 1 rings (SSSR count). The Balaban J connectivity index is 2.69. The molecule has 0 saturated heterocycles. The van der Waals surface area contributed by atoms with Crippen molar-refractivity contribution in [3.05, 3.63) is 16.4 Å². The van der Waals surface area contributed by atoms with Crippen LogP contribution >= 0.6 is 15.9 Å². The van der Waals surface area contributed by atoms with Crippen molar-refractivity contribution in [1.29, 1.82) is 0 Å². The zero-order valence-electron chi connectivity index (χ0n) is 5.02. The van der Waals surface area contributed by atoms with Crippen molar-refractivity contribution in [2.75, 3.05) is 7.11 Å². The van der Waals surface area contributed by atoms with E-state index in [9.17, 15) is 0 Å². The van der Waals surface area contributed by atoms with Crippen molar-refractivity contribution in [2.45, 2.75) is 6.61 Å². The molecular formula is C5H7BrN2O. The van der Waals surface area contributed by atoms with Gasteiger partial charge in [0.25, 0.3) is 0 Å². The quantitative estimate of drug-likeness (QED) is 0.765. The van der Waals surface area contributed by atoms with Crippen molar-refractivity contribution >= 4 is 15.9 Å². The van der Waals surface area contributed by atoms with Crippen molar-refractivity contribution in [3.8, 4) is 0 Å². The van der Waals surface area contributed by atoms with E-state index >= 15 is 0 Å². The van der Waals surface area contributed by atoms with Gasteiger partial charge in [-0.25, -0.2) is 0 Å². The van der Waals surface area contributed by atoms with Gasteiger partial charge in [0.1, 0.15) is 0 Å². The number of nitrogens with one attached hydrogen (secondary N) is 1. The highest BCUT2D eigenvalue weighted by molar-refractivity contribution is 9.10. The van der Waals surface area contributed by atoms with Gasteiger partial charge in [-0.1, -0.05) is 0 Å². The minimum atomic E-state index is 0.570. The van der Waals surface area contributed by atoms with Gasteiger partial charge in [-0.05, 0) is 15.9 Å². The van der Waals surface area contributed by atoms with Crippen LogP contribution in [0.25, 0.3) is 0 Å². The summed E-state index contributed by atoms with van der Waals surface area (Å²) in [7, 11) is 1.65. The summed E-state index contributed by atoms with van der Waals surface area (Å²) in [6, 6.07) is 0. The third kappa shape index (κ3) is 1.53. The molecule has 4 heteroatoms. The normalized spacial score (nSPS) is 10.0. The number of aromatic amines is 1. The number of nitrogens with zero attached hydrogens (tertiary/aromatic N) is 1. The molecule has 1 heterocycles. The monoisotopic (exact) mass is 190 g/mol. The summed E-state index contributed by atoms with van der Waals surface area (Å²) in [5, 5.41) is 6.57. The molecule has 0 bridgehead atoms. The highest BCUT2D eigenvalue weighted by Gasteiger charge is 1.98. The number of hydrogen-bond donors (Lipinski definition) is 1. The van der Waals surface area contributed by atoms with Crippen LogP contribution in [-0.4, -0.2) is 17.3 Å². The molecule has 0 saturated carbocycles. The smallest absolute Gasteiger partial charge is 0.0889 e. The van der Waals surface area contributed by atoms with Gasteiger partial charge in [-0.2, -0.15) is 5.10 Å². The van der Waals surface area contributed by atoms with E-state index < -0.39 is 0 Å². The van der Waals surface area contributed by atoms with Gasteiger partial charge in [0.15, 0.2) is 0 Å². The van der Waals surface area contributed by atoms with E-state index in [1.807, 2.05) is 0 Å². The summed E-state index contributed by atoms with van der Waals surface area (Å²) in [6.07, 6.45) is 1.70. The number of aromatic nitrogens is 2. The molecule has 0 unspecified atom stereocenters. The van der Waals surface area contributed by atoms with Gasteiger partial charge >= 0.3 is 0 Å². The molecule has 0 aliphatic rings. The van der Waals surface area contributed by atoms with Gasteiger partial charge in [0.2, 0.25) is 0 Å². The third-order valence-corrected chi connectivity index (χ3v) is 1.64. The molecule has 0 atom stereocenters. The molecule has 1 aromatic heterocycles. The first-order valence-corrected chi connectivity index (χ1v) is 3.30. The number of rotatable bonds is 2. The molecule has 3 nitrogen and oxygen atoms in total. The first-order valence-electron chi connectivity index (χ1n) is 2.51. The van der Waals surface area contributed by atoms with Crippen LogP contribution in [0.1, 0.15) is 5.69 Å². The van der Waals surface area contributed by atoms with Gasteiger partial charge < -0.3 is 4.74 Å². The molecule has 0 aliphatic heterocycles. The fourth-order valence-electron chi connectivity index (χ4n) is 0.544. The third-order valence-electron chi connectivity index (χ3n) is 0.954. The SMILES string of the molecule is COCc1[nH]ncc1Br. The summed E-state index contributed by atoms with van der Waals surface area (Å²) < 4.78 is 5.83. The summed E-state index contributed by atoms with van der Waals surface area (Å²) >= 11 is 3.29. The number of halogens is 1. The Labute approximate surface area is 61.5 Å². The number of hydrogen-bond acceptors (Lipinski definition) is 2. The zero-order chi connectivity index (χ0) is 6.69. The van der Waals surface area contributed by atoms with E-state index in [0.717, 1.165) is 10.2 Å². The average molecular weight is 191 g/mol. The van der Waals surface area contributed by atoms with Gasteiger partial charge in [-0.15, -0.1) is 0 Å². The molecule has 50 valence electrons. The van der Waals surface area contributed by atoms with Gasteiger partial charge in [-0.3, -0.25) is 5.10 Å². The van der Waals surface area contributed by atoms with E-state index in [2.05, 4.69) is 26.1 Å². The summed E-state index contributed by atoms with van der Waals surface area (Å²) in [4.78, 5) is 0. The maximum atomic E-state index is 4.87. The Hall–Kier alpha value is -0.350. The summed E-state index contributed by atoms with van der Waals surface area (Å²) in [5.41, 5.74) is 0.970. The van der Waals surface area contributed by atoms with Crippen LogP contribution in [0.5, 0.6) is 0 Å². The maximum absolute atomic E-state index is 4.87. The first kappa shape index (κ1) is 6.77. The van der Waals surface area contributed by atoms with E-state index in [4.69, 9.17) is 4.74 Å². The highest BCUT2D eigenvalue weighted by atomic mass is 79.9. The molecule has 1 aromatic rings. The average Bonchev–Trinajstić information content (AvgIpc) is 2.18. The van der Waals surface area contributed by atoms with Crippen LogP contribution in [0.3, 0.4) is 0 Å². The molecule has 0 fully saturated rings. The Morgan fingerprint density at radius 3 is 3.11 bits per heavy atom. The minimum absolute atomic E-state index is 0.570. The second-order valence-corrected chi connectivity index (χ2v) is 2.48. The Morgan fingerprint density at radius 1 is 1.89 bits per heavy atom. The van der Waals surface area contributed by atoms with E-state index in [1.54, 1.807) is 13.3 Å². The lowest BCUT2D eigenvalue weighted by molar-refractivity contribution is 0.181. The maximum Gasteiger partial charge on any atom is 0.0889 e. The molecule has 9 heavy (non-hydrogen) atoms. The van der Waals surface area contributed by atoms with Crippen molar-refractivity contribution in [1.82, 2.24) is 10.2 Å². The van der Waals surface area contributed by atoms with Crippen LogP contribution in [0.2, 0.25) is 0 Å². The Kier molecular flexibility index (Phi) is 2.24. The second-order valence-electron chi connectivity index (χ2n) is 1.63. The summed E-state index contributed by atoms with van der Waals surface area (Å²) in [5.74, 6) is 0. The topological polar surface area (TPSA) is 37.9 Å². The zero-order valence-corrected chi connectivity index (χ0v) is 6.60. The Bertz CT molecular complexity index is 187. The lowest BCUT2D eigenvalue weighted by atomic mass is 10.5. The van der Waals surface area contributed by atoms with Crippen molar-refractivity contribution < 1.29 is 4.74 Å². The van der Waals surface area contributed by atoms with E-state index in [0.29, 0.717) is 6.61 Å².